The first kappa shape index (κ1) is 11.6. The van der Waals surface area contributed by atoms with Crippen LogP contribution in [0.1, 0.15) is 0 Å². The quantitative estimate of drug-likeness (QED) is 0.803. The Morgan fingerprint density at radius 2 is 1.76 bits per heavy atom. The molecule has 0 aromatic heterocycles. The van der Waals surface area contributed by atoms with Gasteiger partial charge in [-0.25, -0.2) is 0 Å². The van der Waals surface area contributed by atoms with Gasteiger partial charge in [0, 0.05) is 16.1 Å². The van der Waals surface area contributed by atoms with Crippen molar-refractivity contribution in [2.75, 3.05) is 7.11 Å². The molecule has 0 fully saturated rings. The lowest BCUT2D eigenvalue weighted by Crippen LogP contribution is -1.86. The predicted molar refractivity (Wildman–Crippen MR) is 66.8 cm³/mol. The second kappa shape index (κ2) is 4.55. The molecular formula is C13H11ClO3. The summed E-state index contributed by atoms with van der Waals surface area (Å²) in [5, 5.41) is 19.7. The third-order valence-electron chi connectivity index (χ3n) is 2.44. The van der Waals surface area contributed by atoms with E-state index in [9.17, 15) is 10.2 Å². The second-order valence-electron chi connectivity index (χ2n) is 3.55. The Labute approximate surface area is 104 Å². The summed E-state index contributed by atoms with van der Waals surface area (Å²) in [5.74, 6) is 0.752. The van der Waals surface area contributed by atoms with Crippen molar-refractivity contribution in [2.45, 2.75) is 0 Å². The third kappa shape index (κ3) is 2.29. The molecule has 0 atom stereocenters. The Balaban J connectivity index is 2.62. The van der Waals surface area contributed by atoms with Crippen LogP contribution in [0.2, 0.25) is 5.02 Å². The highest BCUT2D eigenvalue weighted by Crippen LogP contribution is 2.38. The molecule has 0 radical (unpaired) electrons. The summed E-state index contributed by atoms with van der Waals surface area (Å²) in [5.41, 5.74) is 1.08. The van der Waals surface area contributed by atoms with Crippen molar-refractivity contribution >= 4 is 11.6 Å². The highest BCUT2D eigenvalue weighted by Gasteiger charge is 2.10. The molecule has 3 nitrogen and oxygen atoms in total. The Kier molecular flexibility index (Phi) is 3.11. The lowest BCUT2D eigenvalue weighted by Gasteiger charge is -2.09. The van der Waals surface area contributed by atoms with Crippen molar-refractivity contribution in [1.82, 2.24) is 0 Å². The van der Waals surface area contributed by atoms with Crippen LogP contribution in [0.25, 0.3) is 11.1 Å². The van der Waals surface area contributed by atoms with Gasteiger partial charge in [0.25, 0.3) is 0 Å². The fourth-order valence-electron chi connectivity index (χ4n) is 1.58. The SMILES string of the molecule is COc1ccc(Cl)c(-c2cc(O)ccc2O)c1. The third-order valence-corrected chi connectivity index (χ3v) is 2.77. The number of hydrogen-bond donors (Lipinski definition) is 2. The van der Waals surface area contributed by atoms with Crippen LogP contribution in [0, 0.1) is 0 Å². The summed E-state index contributed by atoms with van der Waals surface area (Å²) in [6.07, 6.45) is 0. The van der Waals surface area contributed by atoms with Gasteiger partial charge in [-0.2, -0.15) is 0 Å². The van der Waals surface area contributed by atoms with E-state index < -0.39 is 0 Å². The zero-order valence-corrected chi connectivity index (χ0v) is 9.90. The molecular weight excluding hydrogens is 240 g/mol. The maximum atomic E-state index is 9.77. The standard InChI is InChI=1S/C13H11ClO3/c1-17-9-3-4-12(14)10(7-9)11-6-8(15)2-5-13(11)16/h2-7,15-16H,1H3. The molecule has 2 aromatic carbocycles. The molecule has 0 unspecified atom stereocenters. The maximum absolute atomic E-state index is 9.77. The molecule has 0 saturated carbocycles. The van der Waals surface area contributed by atoms with Crippen LogP contribution in [0.15, 0.2) is 36.4 Å². The molecule has 0 amide bonds. The first-order chi connectivity index (χ1) is 8.11. The largest absolute Gasteiger partial charge is 0.508 e. The predicted octanol–water partition coefficient (Wildman–Crippen LogP) is 3.43. The zero-order chi connectivity index (χ0) is 12.4. The maximum Gasteiger partial charge on any atom is 0.123 e. The Bertz CT molecular complexity index is 552. The lowest BCUT2D eigenvalue weighted by molar-refractivity contribution is 0.415. The molecule has 0 heterocycles. The summed E-state index contributed by atoms with van der Waals surface area (Å²) in [6, 6.07) is 9.39. The normalized spacial score (nSPS) is 10.2. The van der Waals surface area contributed by atoms with Gasteiger partial charge in [-0.05, 0) is 36.4 Å². The minimum atomic E-state index is 0.0537. The second-order valence-corrected chi connectivity index (χ2v) is 3.95. The van der Waals surface area contributed by atoms with Crippen molar-refractivity contribution in [2.24, 2.45) is 0 Å². The van der Waals surface area contributed by atoms with Gasteiger partial charge in [-0.15, -0.1) is 0 Å². The van der Waals surface area contributed by atoms with Crippen molar-refractivity contribution < 1.29 is 14.9 Å². The van der Waals surface area contributed by atoms with E-state index in [0.29, 0.717) is 21.9 Å². The van der Waals surface area contributed by atoms with Gasteiger partial charge in [0.15, 0.2) is 0 Å². The molecule has 0 aliphatic carbocycles. The fraction of sp³-hybridized carbons (Fsp3) is 0.0769. The molecule has 0 aliphatic rings. The van der Waals surface area contributed by atoms with Crippen LogP contribution < -0.4 is 4.74 Å². The number of aromatic hydroxyl groups is 2. The molecule has 0 spiro atoms. The van der Waals surface area contributed by atoms with Crippen molar-refractivity contribution in [3.8, 4) is 28.4 Å². The highest BCUT2D eigenvalue weighted by atomic mass is 35.5. The fourth-order valence-corrected chi connectivity index (χ4v) is 1.80. The van der Waals surface area contributed by atoms with Gasteiger partial charge < -0.3 is 14.9 Å². The summed E-state index contributed by atoms with van der Waals surface area (Å²) in [4.78, 5) is 0. The van der Waals surface area contributed by atoms with Gasteiger partial charge in [0.2, 0.25) is 0 Å². The van der Waals surface area contributed by atoms with Crippen LogP contribution in [0.4, 0.5) is 0 Å². The van der Waals surface area contributed by atoms with Crippen LogP contribution >= 0.6 is 11.6 Å². The van der Waals surface area contributed by atoms with Crippen molar-refractivity contribution in [3.05, 3.63) is 41.4 Å². The van der Waals surface area contributed by atoms with Crippen LogP contribution in [-0.4, -0.2) is 17.3 Å². The van der Waals surface area contributed by atoms with E-state index in [1.807, 2.05) is 0 Å². The van der Waals surface area contributed by atoms with Gasteiger partial charge in [-0.3, -0.25) is 0 Å². The molecule has 88 valence electrons. The van der Waals surface area contributed by atoms with Crippen molar-refractivity contribution in [1.29, 1.82) is 0 Å². The summed E-state index contributed by atoms with van der Waals surface area (Å²) in [7, 11) is 1.55. The number of hydrogen-bond acceptors (Lipinski definition) is 3. The number of phenols is 2. The van der Waals surface area contributed by atoms with Crippen LogP contribution in [-0.2, 0) is 0 Å². The molecule has 2 aromatic rings. The van der Waals surface area contributed by atoms with E-state index in [1.54, 1.807) is 25.3 Å². The molecule has 17 heavy (non-hydrogen) atoms. The van der Waals surface area contributed by atoms with E-state index in [2.05, 4.69) is 0 Å². The van der Waals surface area contributed by atoms with Crippen molar-refractivity contribution in [3.63, 3.8) is 0 Å². The summed E-state index contributed by atoms with van der Waals surface area (Å²) < 4.78 is 5.10. The number of methoxy groups -OCH3 is 1. The Hall–Kier alpha value is -1.87. The smallest absolute Gasteiger partial charge is 0.123 e. The van der Waals surface area contributed by atoms with E-state index in [-0.39, 0.29) is 11.5 Å². The van der Waals surface area contributed by atoms with Gasteiger partial charge in [0.05, 0.1) is 7.11 Å². The van der Waals surface area contributed by atoms with Gasteiger partial charge in [-0.1, -0.05) is 11.6 Å². The molecule has 4 heteroatoms. The number of rotatable bonds is 2. The van der Waals surface area contributed by atoms with Crippen LogP contribution in [0.5, 0.6) is 17.2 Å². The Morgan fingerprint density at radius 1 is 1.00 bits per heavy atom. The van der Waals surface area contributed by atoms with E-state index in [4.69, 9.17) is 16.3 Å². The average Bonchev–Trinajstić information content (AvgIpc) is 2.33. The zero-order valence-electron chi connectivity index (χ0n) is 9.14. The van der Waals surface area contributed by atoms with Gasteiger partial charge >= 0.3 is 0 Å². The molecule has 0 saturated heterocycles. The minimum Gasteiger partial charge on any atom is -0.508 e. The first-order valence-electron chi connectivity index (χ1n) is 4.97. The first-order valence-corrected chi connectivity index (χ1v) is 5.35. The lowest BCUT2D eigenvalue weighted by atomic mass is 10.0. The average molecular weight is 251 g/mol. The molecule has 2 N–H and O–H groups in total. The van der Waals surface area contributed by atoms with E-state index in [1.165, 1.54) is 18.2 Å². The summed E-state index contributed by atoms with van der Waals surface area (Å²) >= 11 is 6.06. The molecule has 0 bridgehead atoms. The number of ether oxygens (including phenoxy) is 1. The van der Waals surface area contributed by atoms with E-state index in [0.717, 1.165) is 0 Å². The van der Waals surface area contributed by atoms with Gasteiger partial charge in [0.1, 0.15) is 17.2 Å². The van der Waals surface area contributed by atoms with Crippen LogP contribution in [0.3, 0.4) is 0 Å². The Morgan fingerprint density at radius 3 is 2.47 bits per heavy atom. The highest BCUT2D eigenvalue weighted by molar-refractivity contribution is 6.33. The topological polar surface area (TPSA) is 49.7 Å². The summed E-state index contributed by atoms with van der Waals surface area (Å²) in [6.45, 7) is 0. The monoisotopic (exact) mass is 250 g/mol. The van der Waals surface area contributed by atoms with E-state index >= 15 is 0 Å². The number of benzene rings is 2. The number of phenolic OH excluding ortho intramolecular Hbond substituents is 2. The molecule has 0 aliphatic heterocycles. The number of halogens is 1. The molecule has 2 rings (SSSR count). The minimum absolute atomic E-state index is 0.0537.